The summed E-state index contributed by atoms with van der Waals surface area (Å²) in [4.78, 5) is 22.7. The Morgan fingerprint density at radius 1 is 1.29 bits per heavy atom. The molecule has 110 valence electrons. The van der Waals surface area contributed by atoms with E-state index in [0.717, 1.165) is 16.0 Å². The number of hydrogen-bond acceptors (Lipinski definition) is 4. The minimum absolute atomic E-state index is 0.445. The van der Waals surface area contributed by atoms with Gasteiger partial charge in [0.1, 0.15) is 5.75 Å². The predicted molar refractivity (Wildman–Crippen MR) is 77.4 cm³/mol. The van der Waals surface area contributed by atoms with Crippen molar-refractivity contribution in [2.45, 2.75) is 19.9 Å². The summed E-state index contributed by atoms with van der Waals surface area (Å²) in [7, 11) is 0. The van der Waals surface area contributed by atoms with E-state index in [9.17, 15) is 9.59 Å². The highest BCUT2D eigenvalue weighted by Gasteiger charge is 2.16. The Morgan fingerprint density at radius 3 is 2.52 bits per heavy atom. The summed E-state index contributed by atoms with van der Waals surface area (Å²) < 4.78 is 6.32. The van der Waals surface area contributed by atoms with Gasteiger partial charge in [0.05, 0.1) is 12.3 Å². The van der Waals surface area contributed by atoms with Crippen LogP contribution in [0.1, 0.15) is 19.9 Å². The minimum Gasteiger partial charge on any atom is -0.494 e. The zero-order chi connectivity index (χ0) is 15.4. The lowest BCUT2D eigenvalue weighted by Crippen LogP contribution is -2.29. The fourth-order valence-corrected chi connectivity index (χ4v) is 1.85. The molecule has 1 heterocycles. The number of ether oxygens (including phenoxy) is 1. The van der Waals surface area contributed by atoms with Crippen LogP contribution in [0.15, 0.2) is 41.2 Å². The van der Waals surface area contributed by atoms with E-state index in [4.69, 9.17) is 9.84 Å². The van der Waals surface area contributed by atoms with E-state index in [1.54, 1.807) is 18.2 Å². The largest absolute Gasteiger partial charge is 0.494 e. The summed E-state index contributed by atoms with van der Waals surface area (Å²) in [6.07, 6.45) is 0. The van der Waals surface area contributed by atoms with Crippen LogP contribution in [0.3, 0.4) is 0 Å². The van der Waals surface area contributed by atoms with E-state index in [-0.39, 0.29) is 0 Å². The van der Waals surface area contributed by atoms with E-state index in [0.29, 0.717) is 12.3 Å². The fourth-order valence-electron chi connectivity index (χ4n) is 1.85. The Labute approximate surface area is 121 Å². The van der Waals surface area contributed by atoms with Crippen LogP contribution in [0.4, 0.5) is 0 Å². The second-order valence-corrected chi connectivity index (χ2v) is 4.47. The molecular formula is C15H16N2O4. The van der Waals surface area contributed by atoms with Crippen molar-refractivity contribution < 1.29 is 14.6 Å². The van der Waals surface area contributed by atoms with Gasteiger partial charge < -0.3 is 9.84 Å². The van der Waals surface area contributed by atoms with Crippen molar-refractivity contribution >= 4 is 5.97 Å². The second kappa shape index (κ2) is 6.21. The Bertz CT molecular complexity index is 692. The number of carboxylic acids is 1. The monoisotopic (exact) mass is 288 g/mol. The summed E-state index contributed by atoms with van der Waals surface area (Å²) in [6.45, 7) is 3.90. The maximum absolute atomic E-state index is 11.7. The van der Waals surface area contributed by atoms with Crippen LogP contribution in [0, 0.1) is 0 Å². The average molecular weight is 288 g/mol. The van der Waals surface area contributed by atoms with Crippen molar-refractivity contribution in [3.63, 3.8) is 0 Å². The molecule has 0 radical (unpaired) electrons. The Morgan fingerprint density at radius 2 is 1.95 bits per heavy atom. The number of carboxylic acid groups (broad SMARTS) is 1. The van der Waals surface area contributed by atoms with Gasteiger partial charge in [0, 0.05) is 11.6 Å². The molecule has 0 fully saturated rings. The highest BCUT2D eigenvalue weighted by molar-refractivity contribution is 5.71. The maximum atomic E-state index is 11.7. The molecule has 1 aromatic heterocycles. The van der Waals surface area contributed by atoms with Crippen LogP contribution < -0.4 is 10.3 Å². The van der Waals surface area contributed by atoms with Crippen molar-refractivity contribution in [3.05, 3.63) is 46.8 Å². The fraction of sp³-hybridized carbons (Fsp3) is 0.267. The molecule has 0 aliphatic heterocycles. The molecule has 0 amide bonds. The smallest absolute Gasteiger partial charge is 0.328 e. The highest BCUT2D eigenvalue weighted by atomic mass is 16.5. The van der Waals surface area contributed by atoms with Gasteiger partial charge >= 0.3 is 5.97 Å². The molecule has 2 aromatic rings. The minimum atomic E-state index is -1.10. The van der Waals surface area contributed by atoms with Crippen LogP contribution in [0.2, 0.25) is 0 Å². The Kier molecular flexibility index (Phi) is 4.37. The number of carbonyl (C=O) groups is 1. The molecule has 1 aromatic carbocycles. The van der Waals surface area contributed by atoms with Crippen LogP contribution in [0.5, 0.6) is 5.75 Å². The van der Waals surface area contributed by atoms with Gasteiger partial charge in [-0.05, 0) is 44.2 Å². The molecule has 0 saturated heterocycles. The quantitative estimate of drug-likeness (QED) is 0.909. The molecule has 0 unspecified atom stereocenters. The molecule has 1 atom stereocenters. The van der Waals surface area contributed by atoms with Gasteiger partial charge in [-0.1, -0.05) is 0 Å². The maximum Gasteiger partial charge on any atom is 0.328 e. The molecule has 1 N–H and O–H groups in total. The third-order valence-corrected chi connectivity index (χ3v) is 3.01. The van der Waals surface area contributed by atoms with Gasteiger partial charge in [0.15, 0.2) is 6.04 Å². The summed E-state index contributed by atoms with van der Waals surface area (Å²) >= 11 is 0. The van der Waals surface area contributed by atoms with E-state index < -0.39 is 17.6 Å². The predicted octanol–water partition coefficient (Wildman–Crippen LogP) is 1.95. The molecule has 2 rings (SSSR count). The van der Waals surface area contributed by atoms with Gasteiger partial charge in [0.25, 0.3) is 5.56 Å². The Hall–Kier alpha value is -2.63. The molecule has 21 heavy (non-hydrogen) atoms. The molecule has 0 aliphatic carbocycles. The molecule has 0 saturated carbocycles. The third-order valence-electron chi connectivity index (χ3n) is 3.01. The lowest BCUT2D eigenvalue weighted by atomic mass is 10.1. The Balaban J connectivity index is 2.38. The number of aromatic nitrogens is 2. The van der Waals surface area contributed by atoms with E-state index in [1.165, 1.54) is 13.0 Å². The van der Waals surface area contributed by atoms with Gasteiger partial charge in [-0.25, -0.2) is 9.48 Å². The van der Waals surface area contributed by atoms with Crippen LogP contribution in [0.25, 0.3) is 11.3 Å². The summed E-state index contributed by atoms with van der Waals surface area (Å²) in [6, 6.07) is 9.11. The normalized spacial score (nSPS) is 11.9. The molecule has 0 spiro atoms. The van der Waals surface area contributed by atoms with Crippen molar-refractivity contribution in [1.29, 1.82) is 0 Å². The first kappa shape index (κ1) is 14.8. The number of aliphatic carboxylic acids is 1. The van der Waals surface area contributed by atoms with E-state index >= 15 is 0 Å². The lowest BCUT2D eigenvalue weighted by molar-refractivity contribution is -0.140. The van der Waals surface area contributed by atoms with Crippen LogP contribution >= 0.6 is 0 Å². The van der Waals surface area contributed by atoms with E-state index in [1.807, 2.05) is 19.1 Å². The van der Waals surface area contributed by atoms with Crippen molar-refractivity contribution in [1.82, 2.24) is 9.78 Å². The topological polar surface area (TPSA) is 81.4 Å². The van der Waals surface area contributed by atoms with E-state index in [2.05, 4.69) is 5.10 Å². The highest BCUT2D eigenvalue weighted by Crippen LogP contribution is 2.20. The first-order chi connectivity index (χ1) is 10.0. The number of rotatable bonds is 5. The second-order valence-electron chi connectivity index (χ2n) is 4.47. The van der Waals surface area contributed by atoms with Crippen molar-refractivity contribution in [3.8, 4) is 17.0 Å². The van der Waals surface area contributed by atoms with Gasteiger partial charge in [0.2, 0.25) is 0 Å². The molecule has 0 aliphatic rings. The SMILES string of the molecule is CCOc1ccc(-c2ccc(=O)n([C@@H](C)C(=O)O)n2)cc1. The van der Waals surface area contributed by atoms with Crippen molar-refractivity contribution in [2.24, 2.45) is 0 Å². The third kappa shape index (κ3) is 3.28. The lowest BCUT2D eigenvalue weighted by Gasteiger charge is -2.11. The van der Waals surface area contributed by atoms with Crippen molar-refractivity contribution in [2.75, 3.05) is 6.61 Å². The first-order valence-electron chi connectivity index (χ1n) is 6.59. The molecule has 6 heteroatoms. The number of nitrogens with zero attached hydrogens (tertiary/aromatic N) is 2. The van der Waals surface area contributed by atoms with Gasteiger partial charge in [-0.2, -0.15) is 5.10 Å². The zero-order valence-corrected chi connectivity index (χ0v) is 11.8. The van der Waals surface area contributed by atoms with Gasteiger partial charge in [-0.15, -0.1) is 0 Å². The number of hydrogen-bond donors (Lipinski definition) is 1. The first-order valence-corrected chi connectivity index (χ1v) is 6.59. The van der Waals surface area contributed by atoms with Crippen LogP contribution in [-0.4, -0.2) is 27.5 Å². The number of benzene rings is 1. The molecule has 0 bridgehead atoms. The molecular weight excluding hydrogens is 272 g/mol. The van der Waals surface area contributed by atoms with Gasteiger partial charge in [-0.3, -0.25) is 4.79 Å². The standard InChI is InChI=1S/C15H16N2O4/c1-3-21-12-6-4-11(5-7-12)13-8-9-14(18)17(16-13)10(2)15(19)20/h4-10H,3H2,1-2H3,(H,19,20)/t10-/m0/s1. The summed E-state index contributed by atoms with van der Waals surface area (Å²) in [5, 5.41) is 13.1. The molecule has 6 nitrogen and oxygen atoms in total. The summed E-state index contributed by atoms with van der Waals surface area (Å²) in [5.41, 5.74) is 0.870. The van der Waals surface area contributed by atoms with Crippen LogP contribution in [-0.2, 0) is 4.79 Å². The zero-order valence-electron chi connectivity index (χ0n) is 11.8. The average Bonchev–Trinajstić information content (AvgIpc) is 2.48. The summed E-state index contributed by atoms with van der Waals surface area (Å²) in [5.74, 6) is -0.359.